The summed E-state index contributed by atoms with van der Waals surface area (Å²) in [5.74, 6) is 0.824. The summed E-state index contributed by atoms with van der Waals surface area (Å²) >= 11 is 0. The third-order valence-corrected chi connectivity index (χ3v) is 5.44. The minimum absolute atomic E-state index is 0.0991. The molecule has 4 rings (SSSR count). The van der Waals surface area contributed by atoms with E-state index in [0.29, 0.717) is 36.8 Å². The number of likely N-dealkylation sites (tertiary alicyclic amines) is 1. The SMILES string of the molecule is O=C1C[C@H](N2CCCC[C@@H]2CCO)C(=O)N1c1ccc2c(c1)OCCO2. The molecule has 2 atom stereocenters. The number of aliphatic hydroxyl groups is 1. The average molecular weight is 360 g/mol. The highest BCUT2D eigenvalue weighted by atomic mass is 16.6. The van der Waals surface area contributed by atoms with Crippen molar-refractivity contribution in [1.29, 1.82) is 0 Å². The quantitative estimate of drug-likeness (QED) is 0.816. The molecule has 0 spiro atoms. The van der Waals surface area contributed by atoms with Crippen LogP contribution in [0.25, 0.3) is 0 Å². The van der Waals surface area contributed by atoms with Gasteiger partial charge in [-0.2, -0.15) is 0 Å². The van der Waals surface area contributed by atoms with Crippen molar-refractivity contribution in [1.82, 2.24) is 4.90 Å². The van der Waals surface area contributed by atoms with E-state index in [0.717, 1.165) is 25.8 Å². The van der Waals surface area contributed by atoms with Crippen LogP contribution in [0.2, 0.25) is 0 Å². The van der Waals surface area contributed by atoms with Crippen LogP contribution in [0, 0.1) is 0 Å². The monoisotopic (exact) mass is 360 g/mol. The second-order valence-electron chi connectivity index (χ2n) is 7.01. The molecule has 1 N–H and O–H groups in total. The van der Waals surface area contributed by atoms with Gasteiger partial charge in [0.05, 0.1) is 18.2 Å². The molecule has 26 heavy (non-hydrogen) atoms. The summed E-state index contributed by atoms with van der Waals surface area (Å²) in [6.45, 7) is 1.85. The zero-order valence-corrected chi connectivity index (χ0v) is 14.7. The molecule has 0 bridgehead atoms. The Bertz CT molecular complexity index is 705. The predicted molar refractivity (Wildman–Crippen MR) is 94.4 cm³/mol. The topological polar surface area (TPSA) is 79.3 Å². The van der Waals surface area contributed by atoms with Crippen molar-refractivity contribution in [2.24, 2.45) is 0 Å². The molecule has 0 aromatic heterocycles. The number of amides is 2. The van der Waals surface area contributed by atoms with Crippen LogP contribution in [-0.4, -0.2) is 60.3 Å². The maximum absolute atomic E-state index is 13.1. The van der Waals surface area contributed by atoms with Crippen LogP contribution in [0.4, 0.5) is 5.69 Å². The Kier molecular flexibility index (Phi) is 4.82. The Labute approximate surface area is 152 Å². The van der Waals surface area contributed by atoms with Crippen LogP contribution in [0.3, 0.4) is 0 Å². The number of carbonyl (C=O) groups excluding carboxylic acids is 2. The standard InChI is InChI=1S/C19H24N2O5/c22-8-6-13-3-1-2-7-20(13)15-12-18(23)21(19(15)24)14-4-5-16-17(11-14)26-10-9-25-16/h4-5,11,13,15,22H,1-3,6-10,12H2/t13-,15+/m1/s1. The third-order valence-electron chi connectivity index (χ3n) is 5.44. The number of hydrogen-bond acceptors (Lipinski definition) is 6. The molecule has 0 saturated carbocycles. The first-order chi connectivity index (χ1) is 12.7. The van der Waals surface area contributed by atoms with Gasteiger partial charge in [0.1, 0.15) is 13.2 Å². The van der Waals surface area contributed by atoms with Gasteiger partial charge >= 0.3 is 0 Å². The lowest BCUT2D eigenvalue weighted by atomic mass is 9.97. The summed E-state index contributed by atoms with van der Waals surface area (Å²) in [5.41, 5.74) is 0.530. The number of ether oxygens (including phenoxy) is 2. The minimum Gasteiger partial charge on any atom is -0.486 e. The van der Waals surface area contributed by atoms with E-state index >= 15 is 0 Å². The van der Waals surface area contributed by atoms with Gasteiger partial charge in [0.2, 0.25) is 5.91 Å². The molecule has 0 unspecified atom stereocenters. The molecule has 0 aliphatic carbocycles. The lowest BCUT2D eigenvalue weighted by Gasteiger charge is -2.38. The molecular formula is C19H24N2O5. The first-order valence-electron chi connectivity index (χ1n) is 9.32. The van der Waals surface area contributed by atoms with E-state index in [1.807, 2.05) is 0 Å². The number of benzene rings is 1. The van der Waals surface area contributed by atoms with Crippen molar-refractivity contribution in [2.75, 3.05) is 31.3 Å². The summed E-state index contributed by atoms with van der Waals surface area (Å²) in [5, 5.41) is 9.32. The molecule has 7 nitrogen and oxygen atoms in total. The Morgan fingerprint density at radius 3 is 2.73 bits per heavy atom. The maximum Gasteiger partial charge on any atom is 0.251 e. The van der Waals surface area contributed by atoms with E-state index in [9.17, 15) is 14.7 Å². The number of rotatable bonds is 4. The van der Waals surface area contributed by atoms with Crippen molar-refractivity contribution < 1.29 is 24.2 Å². The van der Waals surface area contributed by atoms with Gasteiger partial charge in [-0.05, 0) is 37.9 Å². The molecule has 2 amide bonds. The first-order valence-corrected chi connectivity index (χ1v) is 9.32. The van der Waals surface area contributed by atoms with E-state index < -0.39 is 6.04 Å². The molecule has 3 aliphatic heterocycles. The fraction of sp³-hybridized carbons (Fsp3) is 0.579. The Balaban J connectivity index is 1.57. The molecule has 1 aromatic rings. The van der Waals surface area contributed by atoms with Crippen molar-refractivity contribution in [3.8, 4) is 11.5 Å². The molecule has 3 aliphatic rings. The van der Waals surface area contributed by atoms with Crippen molar-refractivity contribution in [3.05, 3.63) is 18.2 Å². The molecule has 2 saturated heterocycles. The molecule has 0 radical (unpaired) electrons. The highest BCUT2D eigenvalue weighted by molar-refractivity contribution is 6.22. The van der Waals surface area contributed by atoms with Crippen molar-refractivity contribution >= 4 is 17.5 Å². The zero-order chi connectivity index (χ0) is 18.1. The first kappa shape index (κ1) is 17.3. The van der Waals surface area contributed by atoms with E-state index in [1.165, 1.54) is 4.90 Å². The fourth-order valence-electron chi connectivity index (χ4n) is 4.21. The Morgan fingerprint density at radius 2 is 1.92 bits per heavy atom. The average Bonchev–Trinajstić information content (AvgIpc) is 2.96. The summed E-state index contributed by atoms with van der Waals surface area (Å²) in [6, 6.07) is 4.90. The highest BCUT2D eigenvalue weighted by Gasteiger charge is 2.45. The number of anilines is 1. The number of piperidine rings is 1. The number of imide groups is 1. The van der Waals surface area contributed by atoms with E-state index in [-0.39, 0.29) is 30.9 Å². The Hall–Kier alpha value is -2.12. The van der Waals surface area contributed by atoms with Crippen LogP contribution in [0.1, 0.15) is 32.1 Å². The number of hydrogen-bond donors (Lipinski definition) is 1. The zero-order valence-electron chi connectivity index (χ0n) is 14.7. The molecule has 3 heterocycles. The van der Waals surface area contributed by atoms with Gasteiger partial charge in [0.15, 0.2) is 11.5 Å². The third kappa shape index (κ3) is 3.05. The summed E-state index contributed by atoms with van der Waals surface area (Å²) in [4.78, 5) is 29.1. The minimum atomic E-state index is -0.437. The largest absolute Gasteiger partial charge is 0.486 e. The van der Waals surface area contributed by atoms with E-state index in [2.05, 4.69) is 4.90 Å². The van der Waals surface area contributed by atoms with Crippen LogP contribution < -0.4 is 14.4 Å². The number of fused-ring (bicyclic) bond motifs is 1. The van der Waals surface area contributed by atoms with Crippen molar-refractivity contribution in [2.45, 2.75) is 44.2 Å². The van der Waals surface area contributed by atoms with Gasteiger partial charge in [-0.1, -0.05) is 6.42 Å². The van der Waals surface area contributed by atoms with Gasteiger partial charge in [-0.15, -0.1) is 0 Å². The lowest BCUT2D eigenvalue weighted by molar-refractivity contribution is -0.123. The van der Waals surface area contributed by atoms with E-state index in [4.69, 9.17) is 9.47 Å². The normalized spacial score (nSPS) is 26.4. The predicted octanol–water partition coefficient (Wildman–Crippen LogP) is 1.33. The van der Waals surface area contributed by atoms with Crippen LogP contribution in [0.5, 0.6) is 11.5 Å². The number of nitrogens with zero attached hydrogens (tertiary/aromatic N) is 2. The van der Waals surface area contributed by atoms with Gasteiger partial charge < -0.3 is 14.6 Å². The summed E-state index contributed by atoms with van der Waals surface area (Å²) in [6.07, 6.45) is 3.91. The highest BCUT2D eigenvalue weighted by Crippen LogP contribution is 2.37. The van der Waals surface area contributed by atoms with Crippen LogP contribution in [-0.2, 0) is 9.59 Å². The van der Waals surface area contributed by atoms with E-state index in [1.54, 1.807) is 18.2 Å². The maximum atomic E-state index is 13.1. The second-order valence-corrected chi connectivity index (χ2v) is 7.01. The smallest absolute Gasteiger partial charge is 0.251 e. The van der Waals surface area contributed by atoms with Crippen molar-refractivity contribution in [3.63, 3.8) is 0 Å². The van der Waals surface area contributed by atoms with Gasteiger partial charge in [0.25, 0.3) is 5.91 Å². The lowest BCUT2D eigenvalue weighted by Crippen LogP contribution is -2.50. The second kappa shape index (κ2) is 7.25. The number of aliphatic hydroxyl groups excluding tert-OH is 1. The molecule has 140 valence electrons. The number of carbonyl (C=O) groups is 2. The van der Waals surface area contributed by atoms with Gasteiger partial charge in [-0.25, -0.2) is 4.90 Å². The summed E-state index contributed by atoms with van der Waals surface area (Å²) < 4.78 is 11.1. The molecule has 1 aromatic carbocycles. The van der Waals surface area contributed by atoms with Crippen LogP contribution in [0.15, 0.2) is 18.2 Å². The van der Waals surface area contributed by atoms with Gasteiger partial charge in [0, 0.05) is 18.7 Å². The van der Waals surface area contributed by atoms with Gasteiger partial charge in [-0.3, -0.25) is 14.5 Å². The fourth-order valence-corrected chi connectivity index (χ4v) is 4.21. The molecule has 7 heteroatoms. The summed E-state index contributed by atoms with van der Waals surface area (Å²) in [7, 11) is 0. The molecular weight excluding hydrogens is 336 g/mol. The van der Waals surface area contributed by atoms with Crippen LogP contribution >= 0.6 is 0 Å². The Morgan fingerprint density at radius 1 is 1.12 bits per heavy atom. The molecule has 2 fully saturated rings.